The number of hydrogen-bond acceptors (Lipinski definition) is 4. The van der Waals surface area contributed by atoms with Crippen LogP contribution in [0.4, 0.5) is 17.1 Å². The van der Waals surface area contributed by atoms with Gasteiger partial charge in [0.1, 0.15) is 0 Å². The Balaban J connectivity index is 1.91. The molecule has 0 aliphatic rings. The van der Waals surface area contributed by atoms with Crippen LogP contribution >= 0.6 is 0 Å². The van der Waals surface area contributed by atoms with E-state index in [9.17, 15) is 19.7 Å². The molecule has 0 saturated carbocycles. The number of non-ortho nitro benzene ring substituents is 1. The van der Waals surface area contributed by atoms with Crippen molar-refractivity contribution in [3.63, 3.8) is 0 Å². The first-order valence-electron chi connectivity index (χ1n) is 9.04. The highest BCUT2D eigenvalue weighted by Gasteiger charge is 2.17. The van der Waals surface area contributed by atoms with Crippen molar-refractivity contribution in [2.24, 2.45) is 0 Å². The Kier molecular flexibility index (Phi) is 7.22. The van der Waals surface area contributed by atoms with Crippen molar-refractivity contribution < 1.29 is 19.4 Å². The van der Waals surface area contributed by atoms with Crippen molar-refractivity contribution in [1.29, 1.82) is 0 Å². The molecule has 2 aromatic carbocycles. The zero-order chi connectivity index (χ0) is 20.7. The number of nitrogens with one attached hydrogen (secondary N) is 3. The van der Waals surface area contributed by atoms with Crippen LogP contribution in [0.1, 0.15) is 18.1 Å². The molecule has 2 aromatic rings. The molecule has 0 aliphatic carbocycles. The molecule has 0 fully saturated rings. The molecule has 3 N–H and O–H groups in total. The van der Waals surface area contributed by atoms with Gasteiger partial charge < -0.3 is 15.5 Å². The topological polar surface area (TPSA) is 106 Å². The average Bonchev–Trinajstić information content (AvgIpc) is 2.63. The fourth-order valence-corrected chi connectivity index (χ4v) is 2.81. The smallest absolute Gasteiger partial charge is 0.279 e. The van der Waals surface area contributed by atoms with E-state index >= 15 is 0 Å². The molecule has 0 heterocycles. The van der Waals surface area contributed by atoms with Gasteiger partial charge in [-0.05, 0) is 30.5 Å². The predicted octanol–water partition coefficient (Wildman–Crippen LogP) is 1.56. The SMILES string of the molecule is CCc1ccccc1NC(=O)C[NH+](C)CC(=O)Nc1cc([N+](=O)[O-])ccc1C. The van der Waals surface area contributed by atoms with E-state index in [-0.39, 0.29) is 30.6 Å². The van der Waals surface area contributed by atoms with E-state index in [1.165, 1.54) is 12.1 Å². The fourth-order valence-electron chi connectivity index (χ4n) is 2.81. The largest absolute Gasteiger partial charge is 0.322 e. The summed E-state index contributed by atoms with van der Waals surface area (Å²) >= 11 is 0. The second kappa shape index (κ2) is 9.61. The Morgan fingerprint density at radius 3 is 2.25 bits per heavy atom. The number of aryl methyl sites for hydroxylation is 2. The van der Waals surface area contributed by atoms with Gasteiger partial charge in [0.15, 0.2) is 13.1 Å². The first-order chi connectivity index (χ1) is 13.3. The number of carbonyl (C=O) groups excluding carboxylic acids is 2. The second-order valence-corrected chi connectivity index (χ2v) is 6.67. The molecule has 2 amide bonds. The maximum absolute atomic E-state index is 12.3. The standard InChI is InChI=1S/C20H24N4O4/c1-4-15-7-5-6-8-17(15)21-19(25)12-23(3)13-20(26)22-18-11-16(24(27)28)10-9-14(18)2/h5-11H,4,12-13H2,1-3H3,(H,21,25)(H,22,26)/p+1. The molecule has 1 unspecified atom stereocenters. The summed E-state index contributed by atoms with van der Waals surface area (Å²) in [6, 6.07) is 11.9. The van der Waals surface area contributed by atoms with E-state index in [0.29, 0.717) is 10.6 Å². The number of carbonyl (C=O) groups is 2. The Morgan fingerprint density at radius 1 is 1.04 bits per heavy atom. The van der Waals surface area contributed by atoms with Gasteiger partial charge in [0.05, 0.1) is 17.7 Å². The summed E-state index contributed by atoms with van der Waals surface area (Å²) in [5.74, 6) is -0.499. The maximum atomic E-state index is 12.3. The highest BCUT2D eigenvalue weighted by atomic mass is 16.6. The van der Waals surface area contributed by atoms with Crippen LogP contribution < -0.4 is 15.5 Å². The molecule has 0 radical (unpaired) electrons. The van der Waals surface area contributed by atoms with Crippen LogP contribution in [0.5, 0.6) is 0 Å². The van der Waals surface area contributed by atoms with Crippen molar-refractivity contribution in [3.8, 4) is 0 Å². The summed E-state index contributed by atoms with van der Waals surface area (Å²) in [7, 11) is 1.74. The van der Waals surface area contributed by atoms with Gasteiger partial charge in [0.25, 0.3) is 17.5 Å². The fraction of sp³-hybridized carbons (Fsp3) is 0.300. The molecular weight excluding hydrogens is 360 g/mol. The number of nitro groups is 1. The third-order valence-electron chi connectivity index (χ3n) is 4.30. The molecule has 1 atom stereocenters. The number of quaternary nitrogens is 1. The third-order valence-corrected chi connectivity index (χ3v) is 4.30. The molecular formula is C20H25N4O4+. The zero-order valence-corrected chi connectivity index (χ0v) is 16.2. The van der Waals surface area contributed by atoms with Crippen LogP contribution in [0.25, 0.3) is 0 Å². The third kappa shape index (κ3) is 5.88. The Hall–Kier alpha value is -3.26. The van der Waals surface area contributed by atoms with Gasteiger partial charge in [0, 0.05) is 17.8 Å². The molecule has 0 spiro atoms. The minimum Gasteiger partial charge on any atom is -0.322 e. The number of benzene rings is 2. The first-order valence-corrected chi connectivity index (χ1v) is 9.04. The lowest BCUT2D eigenvalue weighted by molar-refractivity contribution is -0.862. The molecule has 0 aromatic heterocycles. The minimum absolute atomic E-state index is 0.0605. The molecule has 2 rings (SSSR count). The quantitative estimate of drug-likeness (QED) is 0.474. The average molecular weight is 385 g/mol. The molecule has 0 saturated heterocycles. The number of para-hydroxylation sites is 1. The van der Waals surface area contributed by atoms with Crippen LogP contribution in [0, 0.1) is 17.0 Å². The van der Waals surface area contributed by atoms with E-state index < -0.39 is 4.92 Å². The van der Waals surface area contributed by atoms with Gasteiger partial charge in [-0.1, -0.05) is 31.2 Å². The number of anilines is 2. The highest BCUT2D eigenvalue weighted by Crippen LogP contribution is 2.21. The number of hydrogen-bond donors (Lipinski definition) is 3. The van der Waals surface area contributed by atoms with Gasteiger partial charge in [-0.2, -0.15) is 0 Å². The highest BCUT2D eigenvalue weighted by molar-refractivity contribution is 5.94. The van der Waals surface area contributed by atoms with Crippen molar-refractivity contribution in [1.82, 2.24) is 0 Å². The molecule has 0 aliphatic heterocycles. The molecule has 28 heavy (non-hydrogen) atoms. The van der Waals surface area contributed by atoms with Crippen molar-refractivity contribution in [3.05, 3.63) is 63.7 Å². The summed E-state index contributed by atoms with van der Waals surface area (Å²) in [6.07, 6.45) is 0.810. The van der Waals surface area contributed by atoms with Crippen molar-refractivity contribution >= 4 is 28.9 Å². The predicted molar refractivity (Wildman–Crippen MR) is 108 cm³/mol. The lowest BCUT2D eigenvalue weighted by Gasteiger charge is -2.15. The first kappa shape index (κ1) is 21.0. The number of rotatable bonds is 8. The van der Waals surface area contributed by atoms with Gasteiger partial charge in [0.2, 0.25) is 0 Å². The number of nitro benzene ring substituents is 1. The summed E-state index contributed by atoms with van der Waals surface area (Å²) in [6.45, 7) is 3.96. The van der Waals surface area contributed by atoms with Gasteiger partial charge in [-0.3, -0.25) is 19.7 Å². The number of amides is 2. The van der Waals surface area contributed by atoms with E-state index in [4.69, 9.17) is 0 Å². The van der Waals surface area contributed by atoms with E-state index in [0.717, 1.165) is 23.2 Å². The summed E-state index contributed by atoms with van der Waals surface area (Å²) < 4.78 is 0. The zero-order valence-electron chi connectivity index (χ0n) is 16.2. The lowest BCUT2D eigenvalue weighted by Crippen LogP contribution is -3.11. The molecule has 148 valence electrons. The van der Waals surface area contributed by atoms with Crippen LogP contribution in [-0.4, -0.2) is 36.9 Å². The van der Waals surface area contributed by atoms with Crippen LogP contribution in [0.3, 0.4) is 0 Å². The van der Waals surface area contributed by atoms with E-state index in [2.05, 4.69) is 10.6 Å². The van der Waals surface area contributed by atoms with Crippen molar-refractivity contribution in [2.75, 3.05) is 30.8 Å². The Labute approximate surface area is 163 Å². The van der Waals surface area contributed by atoms with Crippen LogP contribution in [-0.2, 0) is 16.0 Å². The Morgan fingerprint density at radius 2 is 1.64 bits per heavy atom. The van der Waals surface area contributed by atoms with E-state index in [1.807, 2.05) is 31.2 Å². The van der Waals surface area contributed by atoms with Gasteiger partial charge in [-0.15, -0.1) is 0 Å². The number of nitrogens with zero attached hydrogens (tertiary/aromatic N) is 1. The summed E-state index contributed by atoms with van der Waals surface area (Å²) in [5.41, 5.74) is 2.86. The number of likely N-dealkylation sites (N-methyl/N-ethyl adjacent to an activating group) is 1. The second-order valence-electron chi connectivity index (χ2n) is 6.67. The van der Waals surface area contributed by atoms with Gasteiger partial charge >= 0.3 is 0 Å². The monoisotopic (exact) mass is 385 g/mol. The van der Waals surface area contributed by atoms with Crippen LogP contribution in [0.2, 0.25) is 0 Å². The van der Waals surface area contributed by atoms with Crippen molar-refractivity contribution in [2.45, 2.75) is 20.3 Å². The van der Waals surface area contributed by atoms with E-state index in [1.54, 1.807) is 20.0 Å². The van der Waals surface area contributed by atoms with Gasteiger partial charge in [-0.25, -0.2) is 0 Å². The molecule has 8 nitrogen and oxygen atoms in total. The normalized spacial score (nSPS) is 11.5. The lowest BCUT2D eigenvalue weighted by atomic mass is 10.1. The minimum atomic E-state index is -0.509. The Bertz CT molecular complexity index is 882. The molecule has 0 bridgehead atoms. The van der Waals surface area contributed by atoms with Crippen LogP contribution in [0.15, 0.2) is 42.5 Å². The summed E-state index contributed by atoms with van der Waals surface area (Å²) in [5, 5.41) is 16.4. The molecule has 8 heteroatoms. The summed E-state index contributed by atoms with van der Waals surface area (Å²) in [4.78, 5) is 35.6. The maximum Gasteiger partial charge on any atom is 0.279 e.